The molecule has 2 rings (SSSR count). The predicted molar refractivity (Wildman–Crippen MR) is 44.1 cm³/mol. The van der Waals surface area contributed by atoms with Gasteiger partial charge in [0.25, 0.3) is 0 Å². The van der Waals surface area contributed by atoms with Gasteiger partial charge in [-0.1, -0.05) is 0 Å². The first kappa shape index (κ1) is 8.31. The van der Waals surface area contributed by atoms with Gasteiger partial charge in [-0.05, 0) is 11.6 Å². The molecule has 0 bridgehead atoms. The van der Waals surface area contributed by atoms with Crippen LogP contribution in [-0.4, -0.2) is 24.5 Å². The van der Waals surface area contributed by atoms with E-state index < -0.39 is 15.8 Å². The number of hydrogen-bond acceptors (Lipinski definition) is 3. The molecule has 1 aliphatic rings. The van der Waals surface area contributed by atoms with Gasteiger partial charge in [0, 0.05) is 5.69 Å². The monoisotopic (exact) mass is 201 g/mol. The molecule has 0 saturated carbocycles. The molecule has 0 radical (unpaired) electrons. The number of aromatic nitrogens is 1. The van der Waals surface area contributed by atoms with Gasteiger partial charge in [0.05, 0.1) is 11.5 Å². The van der Waals surface area contributed by atoms with Crippen molar-refractivity contribution in [3.8, 4) is 0 Å². The van der Waals surface area contributed by atoms with E-state index in [2.05, 4.69) is 4.98 Å². The maximum Gasteiger partial charge on any atom is 0.352 e. The Balaban J connectivity index is 2.45. The maximum atomic E-state index is 11.1. The Morgan fingerprint density at radius 1 is 1.46 bits per heavy atom. The quantitative estimate of drug-likeness (QED) is 0.676. The van der Waals surface area contributed by atoms with Gasteiger partial charge in [0.2, 0.25) is 0 Å². The summed E-state index contributed by atoms with van der Waals surface area (Å²) in [6, 6.07) is 1.38. The molecule has 0 aliphatic carbocycles. The van der Waals surface area contributed by atoms with Gasteiger partial charge in [-0.15, -0.1) is 0 Å². The fourth-order valence-corrected chi connectivity index (χ4v) is 2.95. The zero-order chi connectivity index (χ0) is 9.64. The van der Waals surface area contributed by atoms with Gasteiger partial charge in [-0.25, -0.2) is 13.2 Å². The van der Waals surface area contributed by atoms with Crippen LogP contribution in [0.4, 0.5) is 0 Å². The fourth-order valence-electron chi connectivity index (χ4n) is 1.42. The van der Waals surface area contributed by atoms with Gasteiger partial charge in [0.15, 0.2) is 9.84 Å². The first-order valence-electron chi connectivity index (χ1n) is 3.62. The van der Waals surface area contributed by atoms with E-state index in [0.717, 1.165) is 0 Å². The lowest BCUT2D eigenvalue weighted by Crippen LogP contribution is -2.01. The molecule has 6 heteroatoms. The van der Waals surface area contributed by atoms with Crippen molar-refractivity contribution in [2.75, 3.05) is 0 Å². The molecule has 0 aromatic carbocycles. The Morgan fingerprint density at radius 3 is 2.69 bits per heavy atom. The number of carboxylic acids is 1. The van der Waals surface area contributed by atoms with Crippen LogP contribution in [0.3, 0.4) is 0 Å². The lowest BCUT2D eigenvalue weighted by Gasteiger charge is -1.90. The number of rotatable bonds is 1. The van der Waals surface area contributed by atoms with Crippen molar-refractivity contribution >= 4 is 15.8 Å². The fraction of sp³-hybridized carbons (Fsp3) is 0.286. The van der Waals surface area contributed by atoms with Crippen molar-refractivity contribution in [2.45, 2.75) is 11.5 Å². The second-order valence-corrected chi connectivity index (χ2v) is 5.09. The Bertz CT molecular complexity index is 441. The Kier molecular flexibility index (Phi) is 1.50. The van der Waals surface area contributed by atoms with E-state index in [4.69, 9.17) is 5.11 Å². The Hall–Kier alpha value is -1.30. The van der Waals surface area contributed by atoms with E-state index in [-0.39, 0.29) is 17.2 Å². The average Bonchev–Trinajstić information content (AvgIpc) is 2.39. The molecule has 1 aromatic rings. The SMILES string of the molecule is O=C(O)c1cc2c([nH]1)CS(=O)(=O)C2. The summed E-state index contributed by atoms with van der Waals surface area (Å²) in [5, 5.41) is 8.59. The molecule has 70 valence electrons. The number of nitrogens with one attached hydrogen (secondary N) is 1. The van der Waals surface area contributed by atoms with Gasteiger partial charge in [0.1, 0.15) is 5.69 Å². The molecule has 0 fully saturated rings. The number of carbonyl (C=O) groups is 1. The highest BCUT2D eigenvalue weighted by Crippen LogP contribution is 2.25. The highest BCUT2D eigenvalue weighted by Gasteiger charge is 2.27. The van der Waals surface area contributed by atoms with Crippen LogP contribution in [0, 0.1) is 0 Å². The minimum Gasteiger partial charge on any atom is -0.477 e. The van der Waals surface area contributed by atoms with Crippen molar-refractivity contribution < 1.29 is 18.3 Å². The summed E-state index contributed by atoms with van der Waals surface area (Å²) >= 11 is 0. The second kappa shape index (κ2) is 2.35. The lowest BCUT2D eigenvalue weighted by atomic mass is 10.3. The average molecular weight is 201 g/mol. The molecular weight excluding hydrogens is 194 g/mol. The molecule has 2 heterocycles. The molecule has 2 N–H and O–H groups in total. The van der Waals surface area contributed by atoms with Gasteiger partial charge < -0.3 is 10.1 Å². The van der Waals surface area contributed by atoms with Crippen molar-refractivity contribution in [3.63, 3.8) is 0 Å². The van der Waals surface area contributed by atoms with Crippen LogP contribution >= 0.6 is 0 Å². The number of H-pyrrole nitrogens is 1. The standard InChI is InChI=1S/C7H7NO4S/c9-7(10)5-1-4-2-13(11,12)3-6(4)8-5/h1,8H,2-3H2,(H,9,10). The smallest absolute Gasteiger partial charge is 0.352 e. The predicted octanol–water partition coefficient (Wildman–Crippen LogP) is 0.141. The molecular formula is C7H7NO4S. The number of aromatic carboxylic acids is 1. The van der Waals surface area contributed by atoms with Gasteiger partial charge in [-0.3, -0.25) is 0 Å². The zero-order valence-electron chi connectivity index (χ0n) is 6.57. The van der Waals surface area contributed by atoms with E-state index in [1.54, 1.807) is 0 Å². The third-order valence-electron chi connectivity index (χ3n) is 1.96. The van der Waals surface area contributed by atoms with E-state index in [1.165, 1.54) is 6.07 Å². The van der Waals surface area contributed by atoms with Gasteiger partial charge >= 0.3 is 5.97 Å². The highest BCUT2D eigenvalue weighted by atomic mass is 32.2. The third kappa shape index (κ3) is 1.33. The molecule has 0 atom stereocenters. The highest BCUT2D eigenvalue weighted by molar-refractivity contribution is 7.90. The van der Waals surface area contributed by atoms with E-state index in [0.29, 0.717) is 11.3 Å². The normalized spacial score (nSPS) is 18.5. The first-order valence-corrected chi connectivity index (χ1v) is 5.44. The van der Waals surface area contributed by atoms with Gasteiger partial charge in [-0.2, -0.15) is 0 Å². The van der Waals surface area contributed by atoms with Crippen LogP contribution in [0.5, 0.6) is 0 Å². The Morgan fingerprint density at radius 2 is 2.15 bits per heavy atom. The van der Waals surface area contributed by atoms with Crippen molar-refractivity contribution in [2.24, 2.45) is 0 Å². The summed E-state index contributed by atoms with van der Waals surface area (Å²) < 4.78 is 22.1. The van der Waals surface area contributed by atoms with Crippen molar-refractivity contribution in [3.05, 3.63) is 23.0 Å². The molecule has 13 heavy (non-hydrogen) atoms. The summed E-state index contributed by atoms with van der Waals surface area (Å²) in [5.74, 6) is -1.19. The molecule has 0 spiro atoms. The van der Waals surface area contributed by atoms with E-state index in [9.17, 15) is 13.2 Å². The number of sulfone groups is 1. The summed E-state index contributed by atoms with van der Waals surface area (Å²) in [6.07, 6.45) is 0. The first-order chi connectivity index (χ1) is 5.98. The summed E-state index contributed by atoms with van der Waals surface area (Å²) in [4.78, 5) is 13.1. The van der Waals surface area contributed by atoms with Crippen molar-refractivity contribution in [1.29, 1.82) is 0 Å². The molecule has 5 nitrogen and oxygen atoms in total. The lowest BCUT2D eigenvalue weighted by molar-refractivity contribution is 0.0691. The van der Waals surface area contributed by atoms with Crippen LogP contribution in [0.1, 0.15) is 21.7 Å². The number of carboxylic acid groups (broad SMARTS) is 1. The molecule has 0 saturated heterocycles. The minimum atomic E-state index is -3.03. The van der Waals surface area contributed by atoms with E-state index >= 15 is 0 Å². The number of hydrogen-bond donors (Lipinski definition) is 2. The zero-order valence-corrected chi connectivity index (χ0v) is 7.39. The molecule has 1 aliphatic heterocycles. The van der Waals surface area contributed by atoms with Crippen LogP contribution in [-0.2, 0) is 21.3 Å². The van der Waals surface area contributed by atoms with Crippen LogP contribution in [0.2, 0.25) is 0 Å². The third-order valence-corrected chi connectivity index (χ3v) is 3.44. The summed E-state index contributed by atoms with van der Waals surface area (Å²) in [5.41, 5.74) is 1.15. The molecule has 0 unspecified atom stereocenters. The molecule has 1 aromatic heterocycles. The minimum absolute atomic E-state index is 0.0495. The number of aromatic amines is 1. The largest absolute Gasteiger partial charge is 0.477 e. The Labute approximate surface area is 74.3 Å². The topological polar surface area (TPSA) is 87.2 Å². The van der Waals surface area contributed by atoms with Crippen LogP contribution < -0.4 is 0 Å². The summed E-state index contributed by atoms with van der Waals surface area (Å²) in [6.45, 7) is 0. The van der Waals surface area contributed by atoms with Crippen LogP contribution in [0.25, 0.3) is 0 Å². The summed E-state index contributed by atoms with van der Waals surface area (Å²) in [7, 11) is -3.03. The van der Waals surface area contributed by atoms with E-state index in [1.807, 2.05) is 0 Å². The number of fused-ring (bicyclic) bond motifs is 1. The van der Waals surface area contributed by atoms with Crippen molar-refractivity contribution in [1.82, 2.24) is 4.98 Å². The molecule has 0 amide bonds. The maximum absolute atomic E-state index is 11.1. The second-order valence-electron chi connectivity index (χ2n) is 3.02. The van der Waals surface area contributed by atoms with Crippen LogP contribution in [0.15, 0.2) is 6.07 Å².